The summed E-state index contributed by atoms with van der Waals surface area (Å²) in [6.07, 6.45) is -0.515. The number of ether oxygens (including phenoxy) is 1. The quantitative estimate of drug-likeness (QED) is 0.603. The van der Waals surface area contributed by atoms with Crippen molar-refractivity contribution in [2.24, 2.45) is 0 Å². The zero-order chi connectivity index (χ0) is 19.9. The average molecular weight is 455 g/mol. The minimum Gasteiger partial charge on any atom is -0.381 e. The Kier molecular flexibility index (Phi) is 5.05. The highest BCUT2D eigenvalue weighted by Gasteiger charge is 2.31. The minimum atomic E-state index is -4.42. The third-order valence-electron chi connectivity index (χ3n) is 4.99. The van der Waals surface area contributed by atoms with E-state index in [1.54, 1.807) is 13.3 Å². The molecular formula is C19H18BrF3N4O. The number of hydrogen-bond donors (Lipinski definition) is 1. The van der Waals surface area contributed by atoms with Crippen LogP contribution in [0, 0.1) is 0 Å². The van der Waals surface area contributed by atoms with Crippen LogP contribution >= 0.6 is 15.9 Å². The fraction of sp³-hybridized carbons (Fsp3) is 0.368. The van der Waals surface area contributed by atoms with Crippen molar-refractivity contribution in [3.05, 3.63) is 40.5 Å². The number of H-pyrrole nitrogens is 1. The maximum absolute atomic E-state index is 13.0. The Morgan fingerprint density at radius 3 is 2.57 bits per heavy atom. The van der Waals surface area contributed by atoms with E-state index in [0.717, 1.165) is 43.9 Å². The molecule has 5 nitrogen and oxygen atoms in total. The van der Waals surface area contributed by atoms with E-state index in [-0.39, 0.29) is 0 Å². The molecule has 3 heterocycles. The average Bonchev–Trinajstić information content (AvgIpc) is 3.12. The Bertz CT molecular complexity index is 979. The highest BCUT2D eigenvalue weighted by Crippen LogP contribution is 2.35. The standard InChI is InChI=1S/C19H18BrF3N4O/c1-28-13-4-6-27(7-5-13)16-3-2-11(10-24-16)18-25-15-9-12(19(21,22)23)8-14(20)17(15)26-18/h2-3,8-10,13H,4-7H2,1H3,(H,25,26). The second-order valence-electron chi connectivity index (χ2n) is 6.76. The molecule has 1 aromatic carbocycles. The molecule has 2 aromatic heterocycles. The van der Waals surface area contributed by atoms with E-state index in [2.05, 4.69) is 35.8 Å². The molecule has 1 saturated heterocycles. The van der Waals surface area contributed by atoms with Crippen LogP contribution in [-0.2, 0) is 10.9 Å². The van der Waals surface area contributed by atoms with Crippen LogP contribution in [-0.4, -0.2) is 41.3 Å². The fourth-order valence-corrected chi connectivity index (χ4v) is 3.96. The van der Waals surface area contributed by atoms with Crippen molar-refractivity contribution in [3.63, 3.8) is 0 Å². The van der Waals surface area contributed by atoms with Gasteiger partial charge in [-0.25, -0.2) is 9.97 Å². The van der Waals surface area contributed by atoms with Crippen molar-refractivity contribution in [1.82, 2.24) is 15.0 Å². The molecule has 0 saturated carbocycles. The minimum absolute atomic E-state index is 0.297. The maximum Gasteiger partial charge on any atom is 0.416 e. The lowest BCUT2D eigenvalue weighted by Crippen LogP contribution is -2.37. The van der Waals surface area contributed by atoms with Crippen LogP contribution in [0.5, 0.6) is 0 Å². The first-order chi connectivity index (χ1) is 13.3. The number of anilines is 1. The molecule has 0 radical (unpaired) electrons. The molecule has 1 fully saturated rings. The molecule has 3 aromatic rings. The summed E-state index contributed by atoms with van der Waals surface area (Å²) >= 11 is 3.19. The van der Waals surface area contributed by atoms with Gasteiger partial charge in [0.25, 0.3) is 0 Å². The largest absolute Gasteiger partial charge is 0.416 e. The number of nitrogens with zero attached hydrogens (tertiary/aromatic N) is 3. The van der Waals surface area contributed by atoms with E-state index in [1.165, 1.54) is 0 Å². The topological polar surface area (TPSA) is 54.0 Å². The van der Waals surface area contributed by atoms with Gasteiger partial charge in [-0.3, -0.25) is 0 Å². The Balaban J connectivity index is 1.59. The van der Waals surface area contributed by atoms with Crippen molar-refractivity contribution in [2.45, 2.75) is 25.1 Å². The maximum atomic E-state index is 13.0. The molecule has 9 heteroatoms. The summed E-state index contributed by atoms with van der Waals surface area (Å²) in [5.41, 5.74) is 0.762. The molecule has 1 aliphatic rings. The molecule has 1 aliphatic heterocycles. The van der Waals surface area contributed by atoms with E-state index < -0.39 is 11.7 Å². The Morgan fingerprint density at radius 1 is 1.21 bits per heavy atom. The van der Waals surface area contributed by atoms with Crippen LogP contribution in [0.15, 0.2) is 34.9 Å². The van der Waals surface area contributed by atoms with E-state index in [0.29, 0.717) is 33.0 Å². The van der Waals surface area contributed by atoms with Gasteiger partial charge in [0.1, 0.15) is 17.2 Å². The van der Waals surface area contributed by atoms with Crippen LogP contribution in [0.1, 0.15) is 18.4 Å². The molecule has 0 spiro atoms. The normalized spacial score (nSPS) is 16.1. The van der Waals surface area contributed by atoms with Crippen molar-refractivity contribution in [1.29, 1.82) is 0 Å². The molecule has 4 rings (SSSR count). The molecular weight excluding hydrogens is 437 g/mol. The summed E-state index contributed by atoms with van der Waals surface area (Å²) in [7, 11) is 1.73. The molecule has 28 heavy (non-hydrogen) atoms. The van der Waals surface area contributed by atoms with Gasteiger partial charge < -0.3 is 14.6 Å². The van der Waals surface area contributed by atoms with E-state index >= 15 is 0 Å². The van der Waals surface area contributed by atoms with Gasteiger partial charge in [0, 0.05) is 36.4 Å². The van der Waals surface area contributed by atoms with Gasteiger partial charge in [0.05, 0.1) is 17.2 Å². The van der Waals surface area contributed by atoms with Gasteiger partial charge in [-0.2, -0.15) is 13.2 Å². The first-order valence-electron chi connectivity index (χ1n) is 8.86. The monoisotopic (exact) mass is 454 g/mol. The van der Waals surface area contributed by atoms with Crippen LogP contribution in [0.3, 0.4) is 0 Å². The van der Waals surface area contributed by atoms with E-state index in [1.807, 2.05) is 12.1 Å². The first kappa shape index (κ1) is 19.2. The second kappa shape index (κ2) is 7.36. The van der Waals surface area contributed by atoms with Crippen LogP contribution in [0.4, 0.5) is 19.0 Å². The predicted molar refractivity (Wildman–Crippen MR) is 104 cm³/mol. The number of imidazole rings is 1. The summed E-state index contributed by atoms with van der Waals surface area (Å²) in [6.45, 7) is 1.76. The Morgan fingerprint density at radius 2 is 1.96 bits per heavy atom. The lowest BCUT2D eigenvalue weighted by atomic mass is 10.1. The molecule has 0 bridgehead atoms. The summed E-state index contributed by atoms with van der Waals surface area (Å²) < 4.78 is 44.7. The third kappa shape index (κ3) is 3.73. The zero-order valence-electron chi connectivity index (χ0n) is 15.1. The molecule has 0 atom stereocenters. The predicted octanol–water partition coefficient (Wildman–Crippen LogP) is 5.02. The SMILES string of the molecule is COC1CCN(c2ccc(-c3nc4c(Br)cc(C(F)(F)F)cc4[nH]3)cn2)CC1. The van der Waals surface area contributed by atoms with Crippen molar-refractivity contribution in [2.75, 3.05) is 25.1 Å². The molecule has 1 N–H and O–H groups in total. The number of alkyl halides is 3. The second-order valence-corrected chi connectivity index (χ2v) is 7.62. The lowest BCUT2D eigenvalue weighted by Gasteiger charge is -2.32. The Hall–Kier alpha value is -2.13. The highest BCUT2D eigenvalue weighted by molar-refractivity contribution is 9.10. The van der Waals surface area contributed by atoms with Gasteiger partial charge in [-0.1, -0.05) is 0 Å². The van der Waals surface area contributed by atoms with Gasteiger partial charge in [0.15, 0.2) is 0 Å². The summed E-state index contributed by atoms with van der Waals surface area (Å²) in [4.78, 5) is 14.1. The van der Waals surface area contributed by atoms with Gasteiger partial charge in [0.2, 0.25) is 0 Å². The number of rotatable bonds is 3. The van der Waals surface area contributed by atoms with Crippen LogP contribution in [0.25, 0.3) is 22.4 Å². The molecule has 148 valence electrons. The number of benzene rings is 1. The van der Waals surface area contributed by atoms with Gasteiger partial charge >= 0.3 is 6.18 Å². The number of hydrogen-bond acceptors (Lipinski definition) is 4. The third-order valence-corrected chi connectivity index (χ3v) is 5.59. The Labute approximate surface area is 168 Å². The number of piperidine rings is 1. The summed E-state index contributed by atoms with van der Waals surface area (Å²) in [5, 5.41) is 0. The van der Waals surface area contributed by atoms with Gasteiger partial charge in [-0.15, -0.1) is 0 Å². The number of fused-ring (bicyclic) bond motifs is 1. The van der Waals surface area contributed by atoms with Gasteiger partial charge in [-0.05, 0) is 53.0 Å². The smallest absolute Gasteiger partial charge is 0.381 e. The fourth-order valence-electron chi connectivity index (χ4n) is 3.41. The zero-order valence-corrected chi connectivity index (χ0v) is 16.6. The van der Waals surface area contributed by atoms with Crippen LogP contribution < -0.4 is 4.90 Å². The number of methoxy groups -OCH3 is 1. The van der Waals surface area contributed by atoms with E-state index in [9.17, 15) is 13.2 Å². The highest BCUT2D eigenvalue weighted by atomic mass is 79.9. The molecule has 0 unspecified atom stereocenters. The number of aromatic amines is 1. The lowest BCUT2D eigenvalue weighted by molar-refractivity contribution is -0.137. The number of pyridine rings is 1. The summed E-state index contributed by atoms with van der Waals surface area (Å²) in [6, 6.07) is 5.89. The first-order valence-corrected chi connectivity index (χ1v) is 9.65. The van der Waals surface area contributed by atoms with Crippen molar-refractivity contribution in [3.8, 4) is 11.4 Å². The van der Waals surface area contributed by atoms with E-state index in [4.69, 9.17) is 4.74 Å². The number of nitrogens with one attached hydrogen (secondary N) is 1. The summed E-state index contributed by atoms with van der Waals surface area (Å²) in [5.74, 6) is 1.35. The number of halogens is 4. The molecule has 0 amide bonds. The van der Waals surface area contributed by atoms with Crippen LogP contribution in [0.2, 0.25) is 0 Å². The number of aromatic nitrogens is 3. The molecule has 0 aliphatic carbocycles. The van der Waals surface area contributed by atoms with Crippen molar-refractivity contribution < 1.29 is 17.9 Å². The van der Waals surface area contributed by atoms with Crippen molar-refractivity contribution >= 4 is 32.8 Å².